The summed E-state index contributed by atoms with van der Waals surface area (Å²) >= 11 is 0. The van der Waals surface area contributed by atoms with Crippen molar-refractivity contribution in [1.82, 2.24) is 4.90 Å². The number of rotatable bonds is 3. The third-order valence-electron chi connectivity index (χ3n) is 4.40. The lowest BCUT2D eigenvalue weighted by molar-refractivity contribution is -0.134. The van der Waals surface area contributed by atoms with Crippen LogP contribution in [0.3, 0.4) is 0 Å². The molecule has 22 heavy (non-hydrogen) atoms. The van der Waals surface area contributed by atoms with Crippen LogP contribution in [0, 0.1) is 12.8 Å². The van der Waals surface area contributed by atoms with Crippen LogP contribution in [0.2, 0.25) is 0 Å². The monoisotopic (exact) mass is 300 g/mol. The summed E-state index contributed by atoms with van der Waals surface area (Å²) in [4.78, 5) is 25.4. The van der Waals surface area contributed by atoms with Gasteiger partial charge in [0.2, 0.25) is 11.8 Å². The average molecular weight is 300 g/mol. The quantitative estimate of drug-likeness (QED) is 0.942. The normalized spacial score (nSPS) is 16.1. The lowest BCUT2D eigenvalue weighted by Gasteiger charge is -2.30. The molecule has 116 valence electrons. The van der Waals surface area contributed by atoms with Crippen LogP contribution in [0.25, 0.3) is 11.0 Å². The second-order valence-electron chi connectivity index (χ2n) is 5.99. The summed E-state index contributed by atoms with van der Waals surface area (Å²) in [6, 6.07) is 5.99. The van der Waals surface area contributed by atoms with E-state index in [2.05, 4.69) is 0 Å². The fourth-order valence-electron chi connectivity index (χ4n) is 3.02. The molecule has 1 aliphatic rings. The molecular weight excluding hydrogens is 280 g/mol. The van der Waals surface area contributed by atoms with E-state index in [4.69, 9.17) is 10.2 Å². The average Bonchev–Trinajstić information content (AvgIpc) is 2.89. The summed E-state index contributed by atoms with van der Waals surface area (Å²) in [6.45, 7) is 3.21. The van der Waals surface area contributed by atoms with E-state index in [1.165, 1.54) is 0 Å². The molecule has 3 rings (SSSR count). The van der Waals surface area contributed by atoms with Crippen molar-refractivity contribution in [2.45, 2.75) is 26.2 Å². The maximum Gasteiger partial charge on any atom is 0.227 e. The van der Waals surface area contributed by atoms with Crippen molar-refractivity contribution in [3.05, 3.63) is 35.6 Å². The van der Waals surface area contributed by atoms with Gasteiger partial charge in [0.1, 0.15) is 5.58 Å². The van der Waals surface area contributed by atoms with E-state index in [0.29, 0.717) is 32.4 Å². The number of amides is 2. The lowest BCUT2D eigenvalue weighted by atomic mass is 9.96. The summed E-state index contributed by atoms with van der Waals surface area (Å²) in [5.41, 5.74) is 8.18. The van der Waals surface area contributed by atoms with Gasteiger partial charge in [-0.3, -0.25) is 9.59 Å². The fraction of sp³-hybridized carbons (Fsp3) is 0.412. The molecule has 1 aliphatic heterocycles. The number of likely N-dealkylation sites (tertiary alicyclic amines) is 1. The smallest absolute Gasteiger partial charge is 0.227 e. The van der Waals surface area contributed by atoms with Gasteiger partial charge in [0.15, 0.2) is 0 Å². The molecule has 1 aromatic heterocycles. The van der Waals surface area contributed by atoms with Gasteiger partial charge in [0.05, 0.1) is 12.7 Å². The highest BCUT2D eigenvalue weighted by atomic mass is 16.3. The van der Waals surface area contributed by atoms with E-state index in [9.17, 15) is 9.59 Å². The number of hydrogen-bond acceptors (Lipinski definition) is 3. The Morgan fingerprint density at radius 2 is 2.05 bits per heavy atom. The minimum atomic E-state index is -0.261. The molecule has 2 aromatic rings. The van der Waals surface area contributed by atoms with Gasteiger partial charge in [-0.05, 0) is 31.4 Å². The molecule has 0 unspecified atom stereocenters. The first-order chi connectivity index (χ1) is 10.5. The highest BCUT2D eigenvalue weighted by Gasteiger charge is 2.26. The molecular formula is C17H20N2O3. The number of carbonyl (C=O) groups excluding carboxylic acids is 2. The van der Waals surface area contributed by atoms with Crippen LogP contribution in [0.5, 0.6) is 0 Å². The van der Waals surface area contributed by atoms with Crippen LogP contribution < -0.4 is 5.73 Å². The largest absolute Gasteiger partial charge is 0.464 e. The van der Waals surface area contributed by atoms with Crippen molar-refractivity contribution in [3.63, 3.8) is 0 Å². The Morgan fingerprint density at radius 3 is 2.73 bits per heavy atom. The van der Waals surface area contributed by atoms with Crippen LogP contribution in [-0.2, 0) is 16.0 Å². The first-order valence-corrected chi connectivity index (χ1v) is 7.58. The molecule has 5 heteroatoms. The Morgan fingerprint density at radius 1 is 1.32 bits per heavy atom. The lowest BCUT2D eigenvalue weighted by Crippen LogP contribution is -2.42. The number of piperidine rings is 1. The van der Waals surface area contributed by atoms with Gasteiger partial charge in [-0.15, -0.1) is 0 Å². The Bertz CT molecular complexity index is 712. The third-order valence-corrected chi connectivity index (χ3v) is 4.40. The van der Waals surface area contributed by atoms with Crippen molar-refractivity contribution >= 4 is 22.8 Å². The molecule has 2 N–H and O–H groups in total. The molecule has 0 atom stereocenters. The van der Waals surface area contributed by atoms with E-state index >= 15 is 0 Å². The summed E-state index contributed by atoms with van der Waals surface area (Å²) in [6.07, 6.45) is 3.31. The zero-order valence-electron chi connectivity index (χ0n) is 12.7. The Hall–Kier alpha value is -2.30. The predicted octanol–water partition coefficient (Wildman–Crippen LogP) is 2.01. The maximum atomic E-state index is 12.4. The van der Waals surface area contributed by atoms with E-state index in [1.807, 2.05) is 30.0 Å². The van der Waals surface area contributed by atoms with Gasteiger partial charge in [-0.25, -0.2) is 0 Å². The molecule has 1 fully saturated rings. The number of primary amides is 1. The zero-order valence-corrected chi connectivity index (χ0v) is 12.7. The summed E-state index contributed by atoms with van der Waals surface area (Å²) in [7, 11) is 0. The maximum absolute atomic E-state index is 12.4. The highest BCUT2D eigenvalue weighted by Crippen LogP contribution is 2.24. The van der Waals surface area contributed by atoms with E-state index < -0.39 is 0 Å². The number of aryl methyl sites for hydroxylation is 1. The number of nitrogens with zero attached hydrogens (tertiary/aromatic N) is 1. The van der Waals surface area contributed by atoms with Crippen LogP contribution in [0.15, 0.2) is 28.9 Å². The number of fused-ring (bicyclic) bond motifs is 1. The van der Waals surface area contributed by atoms with Crippen molar-refractivity contribution in [2.24, 2.45) is 11.7 Å². The third kappa shape index (κ3) is 2.84. The molecule has 0 bridgehead atoms. The van der Waals surface area contributed by atoms with Crippen LogP contribution in [0.1, 0.15) is 24.0 Å². The molecule has 0 saturated carbocycles. The van der Waals surface area contributed by atoms with Crippen LogP contribution >= 0.6 is 0 Å². The molecule has 1 saturated heterocycles. The topological polar surface area (TPSA) is 76.5 Å². The Kier molecular flexibility index (Phi) is 3.88. The zero-order chi connectivity index (χ0) is 15.7. The second kappa shape index (κ2) is 5.83. The number of carbonyl (C=O) groups is 2. The van der Waals surface area contributed by atoms with Crippen LogP contribution in [0.4, 0.5) is 0 Å². The predicted molar refractivity (Wildman–Crippen MR) is 83.2 cm³/mol. The number of benzene rings is 1. The Balaban J connectivity index is 1.68. The number of hydrogen-bond donors (Lipinski definition) is 1. The SMILES string of the molecule is Cc1ccc2c(CC(=O)N3CCC(C(N)=O)CC3)coc2c1. The van der Waals surface area contributed by atoms with Gasteiger partial charge in [0, 0.05) is 30.0 Å². The summed E-state index contributed by atoms with van der Waals surface area (Å²) in [5.74, 6) is -0.281. The van der Waals surface area contributed by atoms with Gasteiger partial charge < -0.3 is 15.1 Å². The van der Waals surface area contributed by atoms with Crippen molar-refractivity contribution in [3.8, 4) is 0 Å². The van der Waals surface area contributed by atoms with E-state index in [1.54, 1.807) is 6.26 Å². The van der Waals surface area contributed by atoms with Crippen molar-refractivity contribution in [2.75, 3.05) is 13.1 Å². The van der Waals surface area contributed by atoms with Gasteiger partial charge in [-0.1, -0.05) is 12.1 Å². The van der Waals surface area contributed by atoms with Crippen LogP contribution in [-0.4, -0.2) is 29.8 Å². The number of nitrogens with two attached hydrogens (primary N) is 1. The first-order valence-electron chi connectivity index (χ1n) is 7.58. The fourth-order valence-corrected chi connectivity index (χ4v) is 3.02. The minimum Gasteiger partial charge on any atom is -0.464 e. The van der Waals surface area contributed by atoms with Gasteiger partial charge >= 0.3 is 0 Å². The summed E-state index contributed by atoms with van der Waals surface area (Å²) < 4.78 is 5.53. The number of furan rings is 1. The molecule has 2 amide bonds. The van der Waals surface area contributed by atoms with Gasteiger partial charge in [0.25, 0.3) is 0 Å². The standard InChI is InChI=1S/C17H20N2O3/c1-11-2-3-14-13(10-22-15(14)8-11)9-16(20)19-6-4-12(5-7-19)17(18)21/h2-3,8,10,12H,4-7,9H2,1H3,(H2,18,21). The Labute approximate surface area is 129 Å². The highest BCUT2D eigenvalue weighted by molar-refractivity contribution is 5.88. The first kappa shape index (κ1) is 14.6. The molecule has 0 spiro atoms. The molecule has 0 radical (unpaired) electrons. The van der Waals surface area contributed by atoms with E-state index in [0.717, 1.165) is 22.1 Å². The molecule has 1 aromatic carbocycles. The minimum absolute atomic E-state index is 0.0752. The van der Waals surface area contributed by atoms with Gasteiger partial charge in [-0.2, -0.15) is 0 Å². The molecule has 5 nitrogen and oxygen atoms in total. The summed E-state index contributed by atoms with van der Waals surface area (Å²) in [5, 5.41) is 0.992. The van der Waals surface area contributed by atoms with Crippen molar-refractivity contribution in [1.29, 1.82) is 0 Å². The molecule has 2 heterocycles. The molecule has 0 aliphatic carbocycles. The second-order valence-corrected chi connectivity index (χ2v) is 5.99. The van der Waals surface area contributed by atoms with Crippen molar-refractivity contribution < 1.29 is 14.0 Å². The van der Waals surface area contributed by atoms with E-state index in [-0.39, 0.29) is 17.7 Å².